The van der Waals surface area contributed by atoms with Gasteiger partial charge in [-0.2, -0.15) is 11.8 Å². The van der Waals surface area contributed by atoms with Crippen molar-refractivity contribution < 1.29 is 18.3 Å². The lowest BCUT2D eigenvalue weighted by molar-refractivity contribution is 0.0697. The number of rotatable bonds is 9. The number of carboxylic acid groups (broad SMARTS) is 1. The lowest BCUT2D eigenvalue weighted by Gasteiger charge is -2.06. The molecule has 1 aromatic rings. The first kappa shape index (κ1) is 16.7. The summed E-state index contributed by atoms with van der Waals surface area (Å²) in [5, 5.41) is 8.76. The van der Waals surface area contributed by atoms with Gasteiger partial charge >= 0.3 is 5.97 Å². The largest absolute Gasteiger partial charge is 0.478 e. The summed E-state index contributed by atoms with van der Waals surface area (Å²) in [4.78, 5) is 10.7. The van der Waals surface area contributed by atoms with Gasteiger partial charge in [0.1, 0.15) is 0 Å². The van der Waals surface area contributed by atoms with E-state index in [4.69, 9.17) is 5.11 Å². The number of nitrogens with one attached hydrogen (secondary N) is 1. The maximum absolute atomic E-state index is 11.8. The molecule has 0 bridgehead atoms. The van der Waals surface area contributed by atoms with E-state index in [1.165, 1.54) is 24.3 Å². The quantitative estimate of drug-likeness (QED) is 0.535. The second-order valence-corrected chi connectivity index (χ2v) is 6.98. The number of aromatic carboxylic acids is 1. The molecule has 7 heteroatoms. The first-order chi connectivity index (χ1) is 9.44. The van der Waals surface area contributed by atoms with Crippen LogP contribution in [-0.2, 0) is 15.8 Å². The smallest absolute Gasteiger partial charge is 0.335 e. The van der Waals surface area contributed by atoms with E-state index in [0.29, 0.717) is 17.9 Å². The van der Waals surface area contributed by atoms with Crippen LogP contribution in [0.4, 0.5) is 0 Å². The topological polar surface area (TPSA) is 83.5 Å². The van der Waals surface area contributed by atoms with Gasteiger partial charge in [0.05, 0.1) is 11.3 Å². The second-order valence-electron chi connectivity index (χ2n) is 4.02. The number of sulfonamides is 1. The summed E-state index contributed by atoms with van der Waals surface area (Å²) in [7, 11) is -3.39. The molecule has 0 saturated heterocycles. The van der Waals surface area contributed by atoms with Crippen molar-refractivity contribution in [3.63, 3.8) is 0 Å². The number of hydrogen-bond donors (Lipinski definition) is 2. The van der Waals surface area contributed by atoms with Crippen LogP contribution in [0.5, 0.6) is 0 Å². The Bertz CT molecular complexity index is 552. The minimum Gasteiger partial charge on any atom is -0.478 e. The molecule has 1 rings (SSSR count). The Morgan fingerprint density at radius 3 is 2.55 bits per heavy atom. The highest BCUT2D eigenvalue weighted by atomic mass is 32.2. The van der Waals surface area contributed by atoms with Crippen LogP contribution in [0.25, 0.3) is 0 Å². The summed E-state index contributed by atoms with van der Waals surface area (Å²) in [5.41, 5.74) is 0.696. The molecule has 0 radical (unpaired) electrons. The molecule has 0 saturated carbocycles. The molecule has 0 unspecified atom stereocenters. The third-order valence-corrected chi connectivity index (χ3v) is 4.68. The minimum absolute atomic E-state index is 0.139. The van der Waals surface area contributed by atoms with Crippen LogP contribution >= 0.6 is 11.8 Å². The van der Waals surface area contributed by atoms with Crippen molar-refractivity contribution in [2.24, 2.45) is 0 Å². The molecular formula is C13H17NO4S2. The van der Waals surface area contributed by atoms with Crippen molar-refractivity contribution in [1.82, 2.24) is 4.72 Å². The van der Waals surface area contributed by atoms with Gasteiger partial charge in [-0.15, -0.1) is 6.58 Å². The molecule has 0 aliphatic rings. The summed E-state index contributed by atoms with van der Waals surface area (Å²) in [6.07, 6.45) is 1.77. The summed E-state index contributed by atoms with van der Waals surface area (Å²) in [5.74, 6) is 0.289. The van der Waals surface area contributed by atoms with Gasteiger partial charge in [0.15, 0.2) is 0 Å². The average Bonchev–Trinajstić information content (AvgIpc) is 2.38. The van der Waals surface area contributed by atoms with Gasteiger partial charge in [0.25, 0.3) is 0 Å². The molecule has 2 N–H and O–H groups in total. The molecule has 0 amide bonds. The van der Waals surface area contributed by atoms with E-state index in [-0.39, 0.29) is 11.3 Å². The van der Waals surface area contributed by atoms with Crippen LogP contribution in [0.1, 0.15) is 15.9 Å². The molecule has 0 heterocycles. The Morgan fingerprint density at radius 1 is 1.35 bits per heavy atom. The van der Waals surface area contributed by atoms with Gasteiger partial charge in [-0.25, -0.2) is 17.9 Å². The van der Waals surface area contributed by atoms with Crippen molar-refractivity contribution in [1.29, 1.82) is 0 Å². The van der Waals surface area contributed by atoms with Gasteiger partial charge in [0.2, 0.25) is 10.0 Å². The monoisotopic (exact) mass is 315 g/mol. The fourth-order valence-electron chi connectivity index (χ4n) is 1.45. The van der Waals surface area contributed by atoms with Gasteiger partial charge in [-0.3, -0.25) is 0 Å². The number of hydrogen-bond acceptors (Lipinski definition) is 4. The van der Waals surface area contributed by atoms with E-state index in [0.717, 1.165) is 5.75 Å². The lowest BCUT2D eigenvalue weighted by atomic mass is 10.1. The highest BCUT2D eigenvalue weighted by Crippen LogP contribution is 2.08. The number of carbonyl (C=O) groups is 1. The van der Waals surface area contributed by atoms with Gasteiger partial charge in [-0.1, -0.05) is 18.2 Å². The first-order valence-corrected chi connectivity index (χ1v) is 8.73. The predicted octanol–water partition coefficient (Wildman–Crippen LogP) is 1.72. The number of benzene rings is 1. The highest BCUT2D eigenvalue weighted by Gasteiger charge is 2.11. The van der Waals surface area contributed by atoms with Crippen molar-refractivity contribution >= 4 is 27.8 Å². The summed E-state index contributed by atoms with van der Waals surface area (Å²) in [6.45, 7) is 3.95. The van der Waals surface area contributed by atoms with Gasteiger partial charge in [0, 0.05) is 18.1 Å². The maximum Gasteiger partial charge on any atom is 0.335 e. The summed E-state index contributed by atoms with van der Waals surface area (Å²) >= 11 is 1.60. The van der Waals surface area contributed by atoms with E-state index >= 15 is 0 Å². The average molecular weight is 315 g/mol. The van der Waals surface area contributed by atoms with Gasteiger partial charge < -0.3 is 5.11 Å². The van der Waals surface area contributed by atoms with Crippen molar-refractivity contribution in [3.05, 3.63) is 48.0 Å². The molecule has 1 aromatic carbocycles. The Kier molecular flexibility index (Phi) is 6.77. The normalized spacial score (nSPS) is 11.2. The molecule has 20 heavy (non-hydrogen) atoms. The second kappa shape index (κ2) is 8.08. The third kappa shape index (κ3) is 6.23. The molecule has 0 aliphatic heterocycles. The lowest BCUT2D eigenvalue weighted by Crippen LogP contribution is -2.27. The van der Waals surface area contributed by atoms with Crippen LogP contribution in [0.3, 0.4) is 0 Å². The minimum atomic E-state index is -3.39. The van der Waals surface area contributed by atoms with E-state index in [1.807, 2.05) is 0 Å². The van der Waals surface area contributed by atoms with Crippen LogP contribution in [0.15, 0.2) is 36.9 Å². The van der Waals surface area contributed by atoms with Gasteiger partial charge in [-0.05, 0) is 17.7 Å². The number of thioether (sulfide) groups is 1. The fourth-order valence-corrected chi connectivity index (χ4v) is 3.31. The Labute approximate surface area is 123 Å². The number of carboxylic acids is 1. The molecule has 0 fully saturated rings. The van der Waals surface area contributed by atoms with E-state index in [2.05, 4.69) is 11.3 Å². The Hall–Kier alpha value is -1.31. The molecule has 0 spiro atoms. The van der Waals surface area contributed by atoms with Crippen molar-refractivity contribution in [2.45, 2.75) is 5.75 Å². The third-order valence-electron chi connectivity index (χ3n) is 2.36. The van der Waals surface area contributed by atoms with E-state index in [1.54, 1.807) is 17.8 Å². The zero-order valence-electron chi connectivity index (χ0n) is 10.9. The fraction of sp³-hybridized carbons (Fsp3) is 0.308. The molecule has 0 aliphatic carbocycles. The molecule has 5 nitrogen and oxygen atoms in total. The zero-order valence-corrected chi connectivity index (χ0v) is 12.5. The van der Waals surface area contributed by atoms with Crippen LogP contribution in [-0.4, -0.2) is 37.5 Å². The first-order valence-electron chi connectivity index (χ1n) is 5.93. The van der Waals surface area contributed by atoms with Crippen LogP contribution < -0.4 is 4.72 Å². The molecule has 110 valence electrons. The van der Waals surface area contributed by atoms with Crippen molar-refractivity contribution in [2.75, 3.05) is 18.1 Å². The SMILES string of the molecule is C=CCSCCNS(=O)(=O)Cc1ccc(C(=O)O)cc1. The van der Waals surface area contributed by atoms with Crippen LogP contribution in [0.2, 0.25) is 0 Å². The van der Waals surface area contributed by atoms with Crippen molar-refractivity contribution in [3.8, 4) is 0 Å². The Balaban J connectivity index is 2.49. The maximum atomic E-state index is 11.8. The molecule has 0 atom stereocenters. The summed E-state index contributed by atoms with van der Waals surface area (Å²) < 4.78 is 26.1. The van der Waals surface area contributed by atoms with E-state index in [9.17, 15) is 13.2 Å². The zero-order chi connectivity index (χ0) is 15.0. The highest BCUT2D eigenvalue weighted by molar-refractivity contribution is 7.99. The predicted molar refractivity (Wildman–Crippen MR) is 81.5 cm³/mol. The Morgan fingerprint density at radius 2 is 2.00 bits per heavy atom. The summed E-state index contributed by atoms with van der Waals surface area (Å²) in [6, 6.07) is 5.81. The van der Waals surface area contributed by atoms with Crippen LogP contribution in [0, 0.1) is 0 Å². The molecular weight excluding hydrogens is 298 g/mol. The van der Waals surface area contributed by atoms with E-state index < -0.39 is 16.0 Å². The standard InChI is InChI=1S/C13H17NO4S2/c1-2-8-19-9-7-14-20(17,18)10-11-3-5-12(6-4-11)13(15)16/h2-6,14H,1,7-10H2,(H,15,16). The molecule has 0 aromatic heterocycles.